The van der Waals surface area contributed by atoms with Gasteiger partial charge in [0.05, 0.1) is 22.8 Å². The number of hydrogen-bond acceptors (Lipinski definition) is 6. The zero-order valence-corrected chi connectivity index (χ0v) is 21.6. The SMILES string of the molecule is CNC(=O)Cc1ccc(Cl)cc1-n1c(C2CCCCC2)nc(-c2nnc(N)o2)c1-c1ccc(F)c(Cl)c1. The number of amides is 1. The van der Waals surface area contributed by atoms with Crippen LogP contribution in [0.5, 0.6) is 0 Å². The molecule has 0 spiro atoms. The molecule has 2 aromatic carbocycles. The number of rotatable bonds is 6. The van der Waals surface area contributed by atoms with E-state index in [0.29, 0.717) is 27.7 Å². The van der Waals surface area contributed by atoms with E-state index in [1.165, 1.54) is 12.1 Å². The van der Waals surface area contributed by atoms with E-state index in [-0.39, 0.29) is 35.2 Å². The van der Waals surface area contributed by atoms with Gasteiger partial charge in [0.2, 0.25) is 5.91 Å². The maximum Gasteiger partial charge on any atom is 0.313 e. The van der Waals surface area contributed by atoms with Crippen molar-refractivity contribution in [2.24, 2.45) is 0 Å². The Bertz CT molecular complexity index is 1460. The van der Waals surface area contributed by atoms with Crippen LogP contribution in [-0.4, -0.2) is 32.7 Å². The molecule has 2 heterocycles. The molecule has 4 aromatic rings. The predicted molar refractivity (Wildman–Crippen MR) is 140 cm³/mol. The third-order valence-corrected chi connectivity index (χ3v) is 7.15. The van der Waals surface area contributed by atoms with Crippen molar-refractivity contribution < 1.29 is 13.6 Å². The second-order valence-electron chi connectivity index (χ2n) is 9.03. The largest absolute Gasteiger partial charge is 0.402 e. The highest BCUT2D eigenvalue weighted by Gasteiger charge is 2.31. The fourth-order valence-corrected chi connectivity index (χ4v) is 5.21. The number of carbonyl (C=O) groups is 1. The number of anilines is 1. The smallest absolute Gasteiger partial charge is 0.313 e. The van der Waals surface area contributed by atoms with E-state index in [4.69, 9.17) is 38.3 Å². The lowest BCUT2D eigenvalue weighted by Gasteiger charge is -2.24. The van der Waals surface area contributed by atoms with Crippen LogP contribution in [0.3, 0.4) is 0 Å². The summed E-state index contributed by atoms with van der Waals surface area (Å²) in [4.78, 5) is 17.5. The first-order valence-electron chi connectivity index (χ1n) is 12.0. The van der Waals surface area contributed by atoms with E-state index in [1.54, 1.807) is 25.2 Å². The Morgan fingerprint density at radius 1 is 1.16 bits per heavy atom. The lowest BCUT2D eigenvalue weighted by Crippen LogP contribution is -2.21. The van der Waals surface area contributed by atoms with Crippen LogP contribution in [-0.2, 0) is 11.2 Å². The van der Waals surface area contributed by atoms with Crippen LogP contribution in [0.15, 0.2) is 40.8 Å². The maximum absolute atomic E-state index is 14.2. The fourth-order valence-electron chi connectivity index (χ4n) is 4.86. The van der Waals surface area contributed by atoms with Gasteiger partial charge in [-0.1, -0.05) is 53.6 Å². The van der Waals surface area contributed by atoms with Crippen molar-refractivity contribution in [2.45, 2.75) is 44.4 Å². The number of benzene rings is 2. The predicted octanol–water partition coefficient (Wildman–Crippen LogP) is 5.95. The third kappa shape index (κ3) is 5.06. The van der Waals surface area contributed by atoms with E-state index in [2.05, 4.69) is 15.5 Å². The molecule has 2 aromatic heterocycles. The second kappa shape index (κ2) is 10.5. The normalized spacial score (nSPS) is 14.2. The monoisotopic (exact) mass is 542 g/mol. The number of nitrogen functional groups attached to an aromatic ring is 1. The number of halogens is 3. The number of likely N-dealkylation sites (N-methyl/N-ethyl adjacent to an activating group) is 1. The van der Waals surface area contributed by atoms with Gasteiger partial charge in [-0.05, 0) is 48.7 Å². The molecule has 11 heteroatoms. The molecule has 1 aliphatic carbocycles. The Balaban J connectivity index is 1.85. The highest BCUT2D eigenvalue weighted by molar-refractivity contribution is 6.31. The molecular weight excluding hydrogens is 518 g/mol. The minimum atomic E-state index is -0.546. The highest BCUT2D eigenvalue weighted by Crippen LogP contribution is 2.42. The molecule has 0 aliphatic heterocycles. The van der Waals surface area contributed by atoms with Gasteiger partial charge in [0.1, 0.15) is 11.6 Å². The summed E-state index contributed by atoms with van der Waals surface area (Å²) >= 11 is 12.7. The van der Waals surface area contributed by atoms with Crippen LogP contribution in [0.4, 0.5) is 10.4 Å². The van der Waals surface area contributed by atoms with Crippen molar-refractivity contribution >= 4 is 35.1 Å². The third-order valence-electron chi connectivity index (χ3n) is 6.63. The average molecular weight is 543 g/mol. The fraction of sp³-hybridized carbons (Fsp3) is 0.308. The molecule has 0 atom stereocenters. The number of carbonyl (C=O) groups excluding carboxylic acids is 1. The number of imidazole rings is 1. The number of nitrogens with zero attached hydrogens (tertiary/aromatic N) is 4. The quantitative estimate of drug-likeness (QED) is 0.311. The first kappa shape index (κ1) is 25.2. The van der Waals surface area contributed by atoms with Crippen molar-refractivity contribution in [3.05, 3.63) is 63.6 Å². The summed E-state index contributed by atoms with van der Waals surface area (Å²) in [5, 5.41) is 11.0. The summed E-state index contributed by atoms with van der Waals surface area (Å²) in [7, 11) is 1.59. The molecule has 0 saturated heterocycles. The van der Waals surface area contributed by atoms with Gasteiger partial charge >= 0.3 is 6.01 Å². The van der Waals surface area contributed by atoms with Crippen molar-refractivity contribution in [3.63, 3.8) is 0 Å². The summed E-state index contributed by atoms with van der Waals surface area (Å²) in [6.45, 7) is 0. The van der Waals surface area contributed by atoms with Gasteiger partial charge in [0, 0.05) is 23.6 Å². The van der Waals surface area contributed by atoms with Gasteiger partial charge in [-0.15, -0.1) is 5.10 Å². The summed E-state index contributed by atoms with van der Waals surface area (Å²) in [5.74, 6) is 0.320. The van der Waals surface area contributed by atoms with Gasteiger partial charge in [-0.3, -0.25) is 9.36 Å². The van der Waals surface area contributed by atoms with Crippen molar-refractivity contribution in [1.29, 1.82) is 0 Å². The molecule has 1 amide bonds. The van der Waals surface area contributed by atoms with Gasteiger partial charge in [-0.25, -0.2) is 9.37 Å². The zero-order valence-electron chi connectivity index (χ0n) is 20.1. The second-order valence-corrected chi connectivity index (χ2v) is 9.88. The molecule has 37 heavy (non-hydrogen) atoms. The van der Waals surface area contributed by atoms with E-state index in [1.807, 2.05) is 10.6 Å². The van der Waals surface area contributed by atoms with Crippen molar-refractivity contribution in [3.8, 4) is 28.5 Å². The number of nitrogens with two attached hydrogens (primary N) is 1. The Morgan fingerprint density at radius 3 is 2.62 bits per heavy atom. The van der Waals surface area contributed by atoms with E-state index >= 15 is 0 Å². The minimum Gasteiger partial charge on any atom is -0.402 e. The van der Waals surface area contributed by atoms with Gasteiger partial charge < -0.3 is 15.5 Å². The van der Waals surface area contributed by atoms with Crippen LogP contribution in [0.2, 0.25) is 10.0 Å². The maximum atomic E-state index is 14.2. The zero-order chi connectivity index (χ0) is 26.1. The lowest BCUT2D eigenvalue weighted by atomic mass is 9.88. The molecule has 8 nitrogen and oxygen atoms in total. The van der Waals surface area contributed by atoms with Crippen LogP contribution >= 0.6 is 23.2 Å². The lowest BCUT2D eigenvalue weighted by molar-refractivity contribution is -0.119. The van der Waals surface area contributed by atoms with Crippen LogP contribution in [0.1, 0.15) is 49.4 Å². The first-order chi connectivity index (χ1) is 17.9. The van der Waals surface area contributed by atoms with Gasteiger partial charge in [0.15, 0.2) is 5.69 Å². The molecule has 0 bridgehead atoms. The highest BCUT2D eigenvalue weighted by atomic mass is 35.5. The minimum absolute atomic E-state index is 0.0443. The first-order valence-corrected chi connectivity index (χ1v) is 12.8. The Kier molecular flexibility index (Phi) is 7.17. The van der Waals surface area contributed by atoms with E-state index in [9.17, 15) is 9.18 Å². The number of aromatic nitrogens is 4. The molecule has 5 rings (SSSR count). The molecule has 3 N–H and O–H groups in total. The molecule has 1 saturated carbocycles. The topological polar surface area (TPSA) is 112 Å². The number of hydrogen-bond donors (Lipinski definition) is 2. The van der Waals surface area contributed by atoms with E-state index in [0.717, 1.165) is 43.5 Å². The van der Waals surface area contributed by atoms with Gasteiger partial charge in [0.25, 0.3) is 5.89 Å². The Labute approximate surface area is 223 Å². The molecule has 0 unspecified atom stereocenters. The summed E-state index contributed by atoms with van der Waals surface area (Å²) in [5.41, 5.74) is 8.70. The summed E-state index contributed by atoms with van der Waals surface area (Å²) in [6.07, 6.45) is 5.30. The van der Waals surface area contributed by atoms with Gasteiger partial charge in [-0.2, -0.15) is 0 Å². The molecule has 192 valence electrons. The Morgan fingerprint density at radius 2 is 1.95 bits per heavy atom. The number of nitrogens with one attached hydrogen (secondary N) is 1. The van der Waals surface area contributed by atoms with E-state index < -0.39 is 5.82 Å². The van der Waals surface area contributed by atoms with Crippen molar-refractivity contribution in [2.75, 3.05) is 12.8 Å². The molecular formula is C26H25Cl2FN6O2. The van der Waals surface area contributed by atoms with Crippen molar-refractivity contribution in [1.82, 2.24) is 25.1 Å². The average Bonchev–Trinajstić information content (AvgIpc) is 3.51. The molecule has 0 radical (unpaired) electrons. The molecule has 1 aliphatic rings. The standard InChI is InChI=1S/C26H25Cl2FN6O2/c1-31-21(36)12-15-7-9-17(27)13-20(15)35-23(16-8-10-19(29)18(28)11-16)22(25-33-34-26(30)37-25)32-24(35)14-5-3-2-4-6-14/h7-11,13-14H,2-6,12H2,1H3,(H2,30,34)(H,31,36). The van der Waals surface area contributed by atoms with Crippen LogP contribution < -0.4 is 11.1 Å². The van der Waals surface area contributed by atoms with Crippen LogP contribution in [0, 0.1) is 5.82 Å². The Hall–Kier alpha value is -3.43. The summed E-state index contributed by atoms with van der Waals surface area (Å²) in [6, 6.07) is 9.71. The summed E-state index contributed by atoms with van der Waals surface area (Å²) < 4.78 is 21.8. The van der Waals surface area contributed by atoms with Crippen LogP contribution in [0.25, 0.3) is 28.5 Å². The molecule has 1 fully saturated rings.